The highest BCUT2D eigenvalue weighted by atomic mass is 79.9. The van der Waals surface area contributed by atoms with Crippen LogP contribution in [-0.2, 0) is 19.6 Å². The first-order valence-corrected chi connectivity index (χ1v) is 12.1. The molecule has 0 aliphatic rings. The summed E-state index contributed by atoms with van der Waals surface area (Å²) in [6, 6.07) is 18.7. The van der Waals surface area contributed by atoms with Gasteiger partial charge in [0.2, 0.25) is 0 Å². The fourth-order valence-corrected chi connectivity index (χ4v) is 4.02. The Balaban J connectivity index is 1.53. The summed E-state index contributed by atoms with van der Waals surface area (Å²) in [5, 5.41) is 2.65. The van der Waals surface area contributed by atoms with E-state index in [1.54, 1.807) is 55.5 Å². The summed E-state index contributed by atoms with van der Waals surface area (Å²) in [7, 11) is -3.76. The zero-order valence-electron chi connectivity index (χ0n) is 17.6. The molecule has 0 bridgehead atoms. The van der Waals surface area contributed by atoms with Gasteiger partial charge in [0.15, 0.2) is 6.61 Å². The van der Waals surface area contributed by atoms with Gasteiger partial charge >= 0.3 is 5.97 Å². The van der Waals surface area contributed by atoms with Crippen LogP contribution in [0.3, 0.4) is 0 Å². The third-order valence-electron chi connectivity index (χ3n) is 4.28. The number of halogens is 1. The van der Waals surface area contributed by atoms with Crippen LogP contribution in [0.2, 0.25) is 0 Å². The second-order valence-corrected chi connectivity index (χ2v) is 9.32. The Morgan fingerprint density at radius 1 is 0.879 bits per heavy atom. The van der Waals surface area contributed by atoms with Gasteiger partial charge in [-0.25, -0.2) is 13.2 Å². The van der Waals surface area contributed by atoms with Crippen molar-refractivity contribution in [1.82, 2.24) is 0 Å². The van der Waals surface area contributed by atoms with Crippen LogP contribution in [0, 0.1) is 0 Å². The molecule has 3 rings (SSSR count). The van der Waals surface area contributed by atoms with E-state index in [-0.39, 0.29) is 18.1 Å². The van der Waals surface area contributed by atoms with E-state index in [9.17, 15) is 18.0 Å². The standard InChI is InChI=1S/C23H21BrN2O6S/c1-2-31-23(28)16-3-7-18(8-4-16)25-22(27)15-32-20-11-13-21(14-12-20)33(29,30)26-19-9-5-17(24)6-10-19/h3-14,26H,2,15H2,1H3,(H,25,27). The van der Waals surface area contributed by atoms with E-state index in [1.807, 2.05) is 0 Å². The Bertz CT molecular complexity index is 1210. The lowest BCUT2D eigenvalue weighted by Crippen LogP contribution is -2.20. The lowest BCUT2D eigenvalue weighted by atomic mass is 10.2. The van der Waals surface area contributed by atoms with Crippen LogP contribution >= 0.6 is 15.9 Å². The summed E-state index contributed by atoms with van der Waals surface area (Å²) in [4.78, 5) is 23.8. The molecular weight excluding hydrogens is 512 g/mol. The molecule has 0 aliphatic carbocycles. The number of amides is 1. The highest BCUT2D eigenvalue weighted by molar-refractivity contribution is 9.10. The summed E-state index contributed by atoms with van der Waals surface area (Å²) in [6.07, 6.45) is 0. The maximum Gasteiger partial charge on any atom is 0.338 e. The molecule has 0 aromatic heterocycles. The van der Waals surface area contributed by atoms with Crippen molar-refractivity contribution in [2.24, 2.45) is 0 Å². The van der Waals surface area contributed by atoms with E-state index >= 15 is 0 Å². The predicted molar refractivity (Wildman–Crippen MR) is 128 cm³/mol. The lowest BCUT2D eigenvalue weighted by molar-refractivity contribution is -0.118. The topological polar surface area (TPSA) is 111 Å². The Kier molecular flexibility index (Phi) is 8.07. The minimum Gasteiger partial charge on any atom is -0.484 e. The first-order valence-electron chi connectivity index (χ1n) is 9.85. The van der Waals surface area contributed by atoms with Gasteiger partial charge in [0.25, 0.3) is 15.9 Å². The Morgan fingerprint density at radius 3 is 2.09 bits per heavy atom. The van der Waals surface area contributed by atoms with Crippen LogP contribution in [-0.4, -0.2) is 33.5 Å². The molecule has 1 amide bonds. The van der Waals surface area contributed by atoms with E-state index < -0.39 is 21.9 Å². The average molecular weight is 533 g/mol. The van der Waals surface area contributed by atoms with E-state index in [1.165, 1.54) is 24.3 Å². The van der Waals surface area contributed by atoms with Crippen LogP contribution in [0.15, 0.2) is 82.2 Å². The zero-order chi connectivity index (χ0) is 23.8. The second kappa shape index (κ2) is 11.0. The van der Waals surface area contributed by atoms with Gasteiger partial charge in [-0.15, -0.1) is 0 Å². The molecule has 3 aromatic carbocycles. The number of hydrogen-bond donors (Lipinski definition) is 2. The molecule has 8 nitrogen and oxygen atoms in total. The molecule has 0 heterocycles. The molecule has 0 atom stereocenters. The number of ether oxygens (including phenoxy) is 2. The quantitative estimate of drug-likeness (QED) is 0.394. The molecule has 33 heavy (non-hydrogen) atoms. The van der Waals surface area contributed by atoms with Crippen LogP contribution in [0.1, 0.15) is 17.3 Å². The van der Waals surface area contributed by atoms with Crippen LogP contribution in [0.5, 0.6) is 5.75 Å². The molecule has 10 heteroatoms. The third kappa shape index (κ3) is 7.06. The Morgan fingerprint density at radius 2 is 1.48 bits per heavy atom. The number of carbonyl (C=O) groups is 2. The van der Waals surface area contributed by atoms with Crippen molar-refractivity contribution in [3.05, 3.63) is 82.8 Å². The summed E-state index contributed by atoms with van der Waals surface area (Å²) in [5.41, 5.74) is 1.32. The van der Waals surface area contributed by atoms with Crippen molar-refractivity contribution in [1.29, 1.82) is 0 Å². The van der Waals surface area contributed by atoms with E-state index in [2.05, 4.69) is 26.0 Å². The number of nitrogens with one attached hydrogen (secondary N) is 2. The van der Waals surface area contributed by atoms with Gasteiger partial charge < -0.3 is 14.8 Å². The van der Waals surface area contributed by atoms with Crippen LogP contribution < -0.4 is 14.8 Å². The maximum absolute atomic E-state index is 12.5. The second-order valence-electron chi connectivity index (χ2n) is 6.72. The molecule has 0 saturated heterocycles. The molecule has 3 aromatic rings. The van der Waals surface area contributed by atoms with E-state index in [4.69, 9.17) is 9.47 Å². The van der Waals surface area contributed by atoms with Crippen molar-refractivity contribution >= 4 is 49.2 Å². The Labute approximate surface area is 200 Å². The number of carbonyl (C=O) groups excluding carboxylic acids is 2. The van der Waals surface area contributed by atoms with Gasteiger partial charge in [0.1, 0.15) is 5.75 Å². The molecule has 172 valence electrons. The van der Waals surface area contributed by atoms with Gasteiger partial charge in [0.05, 0.1) is 17.1 Å². The molecule has 0 saturated carbocycles. The fraction of sp³-hybridized carbons (Fsp3) is 0.130. The van der Waals surface area contributed by atoms with Crippen LogP contribution in [0.4, 0.5) is 11.4 Å². The van der Waals surface area contributed by atoms with Crippen molar-refractivity contribution in [2.75, 3.05) is 23.3 Å². The van der Waals surface area contributed by atoms with E-state index in [0.717, 1.165) is 4.47 Å². The molecule has 0 spiro atoms. The fourth-order valence-electron chi connectivity index (χ4n) is 2.70. The number of rotatable bonds is 9. The van der Waals surface area contributed by atoms with Gasteiger partial charge in [0, 0.05) is 15.8 Å². The molecule has 0 fully saturated rings. The molecule has 2 N–H and O–H groups in total. The first-order chi connectivity index (χ1) is 15.8. The van der Waals surface area contributed by atoms with Crippen molar-refractivity contribution in [3.63, 3.8) is 0 Å². The Hall–Kier alpha value is -3.37. The molecule has 0 radical (unpaired) electrons. The summed E-state index contributed by atoms with van der Waals surface area (Å²) in [6.45, 7) is 1.73. The summed E-state index contributed by atoms with van der Waals surface area (Å²) < 4.78 is 38.7. The molecule has 0 unspecified atom stereocenters. The minimum absolute atomic E-state index is 0.0592. The summed E-state index contributed by atoms with van der Waals surface area (Å²) >= 11 is 3.30. The SMILES string of the molecule is CCOC(=O)c1ccc(NC(=O)COc2ccc(S(=O)(=O)Nc3ccc(Br)cc3)cc2)cc1. The average Bonchev–Trinajstić information content (AvgIpc) is 2.80. The minimum atomic E-state index is -3.76. The number of benzene rings is 3. The monoisotopic (exact) mass is 532 g/mol. The summed E-state index contributed by atoms with van der Waals surface area (Å²) in [5.74, 6) is -0.505. The van der Waals surface area contributed by atoms with Gasteiger partial charge in [-0.1, -0.05) is 15.9 Å². The number of esters is 1. The van der Waals surface area contributed by atoms with Gasteiger partial charge in [-0.05, 0) is 79.7 Å². The normalized spacial score (nSPS) is 10.8. The van der Waals surface area contributed by atoms with Gasteiger partial charge in [-0.2, -0.15) is 0 Å². The third-order valence-corrected chi connectivity index (χ3v) is 6.21. The molecule has 0 aliphatic heterocycles. The smallest absolute Gasteiger partial charge is 0.338 e. The van der Waals surface area contributed by atoms with E-state index in [0.29, 0.717) is 22.7 Å². The van der Waals surface area contributed by atoms with Crippen LogP contribution in [0.25, 0.3) is 0 Å². The zero-order valence-corrected chi connectivity index (χ0v) is 20.0. The number of hydrogen-bond acceptors (Lipinski definition) is 6. The largest absolute Gasteiger partial charge is 0.484 e. The number of anilines is 2. The first kappa shape index (κ1) is 24.3. The maximum atomic E-state index is 12.5. The molecular formula is C23H21BrN2O6S. The predicted octanol–water partition coefficient (Wildman–Crippen LogP) is 4.44. The highest BCUT2D eigenvalue weighted by Gasteiger charge is 2.14. The van der Waals surface area contributed by atoms with Gasteiger partial charge in [-0.3, -0.25) is 9.52 Å². The van der Waals surface area contributed by atoms with Crippen molar-refractivity contribution in [2.45, 2.75) is 11.8 Å². The van der Waals surface area contributed by atoms with Crippen molar-refractivity contribution < 1.29 is 27.5 Å². The van der Waals surface area contributed by atoms with Crippen molar-refractivity contribution in [3.8, 4) is 5.75 Å². The highest BCUT2D eigenvalue weighted by Crippen LogP contribution is 2.21. The lowest BCUT2D eigenvalue weighted by Gasteiger charge is -2.10. The number of sulfonamides is 1.